The number of halogens is 1. The quantitative estimate of drug-likeness (QED) is 0.513. The Kier molecular flexibility index (Phi) is 6.76. The summed E-state index contributed by atoms with van der Waals surface area (Å²) in [5, 5.41) is 6.75. The lowest BCUT2D eigenvalue weighted by Crippen LogP contribution is -2.56. The maximum atomic E-state index is 14.2. The first-order valence-corrected chi connectivity index (χ1v) is 14.3. The summed E-state index contributed by atoms with van der Waals surface area (Å²) in [5.41, 5.74) is 2.41. The average Bonchev–Trinajstić information content (AvgIpc) is 3.56. The maximum Gasteiger partial charge on any atom is 0.246 e. The van der Waals surface area contributed by atoms with Crippen LogP contribution in [-0.4, -0.2) is 46.4 Å². The van der Waals surface area contributed by atoms with Crippen molar-refractivity contribution in [3.8, 4) is 0 Å². The molecular formula is C31H34ClN3O4. The summed E-state index contributed by atoms with van der Waals surface area (Å²) in [6, 6.07) is 12.2. The third kappa shape index (κ3) is 4.45. The summed E-state index contributed by atoms with van der Waals surface area (Å²) >= 11 is 6.48. The molecule has 0 unspecified atom stereocenters. The van der Waals surface area contributed by atoms with Crippen LogP contribution in [-0.2, 0) is 25.7 Å². The zero-order valence-electron chi connectivity index (χ0n) is 22.3. The SMILES string of the molecule is Cc1ccc(NC(=O)[C@H]2[C@@H]3C=C[C@]4(O3)[C@@H]2C(=O)N(Cc2ccccc2Cl)[C@@H]4C(=O)NC2CCCCC2)cc1C. The Morgan fingerprint density at radius 3 is 2.56 bits per heavy atom. The molecule has 6 rings (SSSR count). The van der Waals surface area contributed by atoms with E-state index in [1.54, 1.807) is 11.0 Å². The molecule has 39 heavy (non-hydrogen) atoms. The van der Waals surface area contributed by atoms with Crippen LogP contribution in [0.4, 0.5) is 5.69 Å². The molecule has 204 valence electrons. The van der Waals surface area contributed by atoms with Crippen LogP contribution in [0.3, 0.4) is 0 Å². The van der Waals surface area contributed by atoms with Crippen LogP contribution in [0.15, 0.2) is 54.6 Å². The van der Waals surface area contributed by atoms with Gasteiger partial charge in [0, 0.05) is 23.3 Å². The van der Waals surface area contributed by atoms with E-state index in [4.69, 9.17) is 16.3 Å². The van der Waals surface area contributed by atoms with Crippen molar-refractivity contribution in [2.75, 3.05) is 5.32 Å². The molecule has 2 bridgehead atoms. The lowest BCUT2D eigenvalue weighted by molar-refractivity contribution is -0.142. The predicted molar refractivity (Wildman–Crippen MR) is 149 cm³/mol. The van der Waals surface area contributed by atoms with Crippen LogP contribution in [0.5, 0.6) is 0 Å². The van der Waals surface area contributed by atoms with E-state index in [1.165, 1.54) is 6.42 Å². The van der Waals surface area contributed by atoms with Crippen molar-refractivity contribution < 1.29 is 19.1 Å². The topological polar surface area (TPSA) is 87.7 Å². The normalized spacial score (nSPS) is 29.5. The highest BCUT2D eigenvalue weighted by Gasteiger charge is 2.72. The number of carbonyl (C=O) groups excluding carboxylic acids is 3. The fourth-order valence-corrected chi connectivity index (χ4v) is 7.02. The van der Waals surface area contributed by atoms with Crippen molar-refractivity contribution in [3.63, 3.8) is 0 Å². The van der Waals surface area contributed by atoms with Gasteiger partial charge in [0.1, 0.15) is 11.6 Å². The molecule has 2 aromatic rings. The molecule has 3 aliphatic heterocycles. The Morgan fingerprint density at radius 2 is 1.82 bits per heavy atom. The molecule has 2 aromatic carbocycles. The molecule has 4 aliphatic rings. The summed E-state index contributed by atoms with van der Waals surface area (Å²) in [6.07, 6.45) is 8.28. The Morgan fingerprint density at radius 1 is 1.05 bits per heavy atom. The summed E-state index contributed by atoms with van der Waals surface area (Å²) in [5.74, 6) is -2.32. The van der Waals surface area contributed by atoms with Crippen LogP contribution in [0, 0.1) is 25.7 Å². The van der Waals surface area contributed by atoms with Gasteiger partial charge in [-0.25, -0.2) is 0 Å². The van der Waals surface area contributed by atoms with Crippen molar-refractivity contribution in [1.29, 1.82) is 0 Å². The highest BCUT2D eigenvalue weighted by atomic mass is 35.5. The van der Waals surface area contributed by atoms with Crippen molar-refractivity contribution in [2.24, 2.45) is 11.8 Å². The number of ether oxygens (including phenoxy) is 1. The van der Waals surface area contributed by atoms with Crippen molar-refractivity contribution in [3.05, 3.63) is 76.3 Å². The van der Waals surface area contributed by atoms with Gasteiger partial charge in [-0.05, 0) is 61.6 Å². The molecule has 3 heterocycles. The fourth-order valence-electron chi connectivity index (χ4n) is 6.82. The Balaban J connectivity index is 1.33. The minimum absolute atomic E-state index is 0.0745. The molecule has 8 heteroatoms. The number of hydrogen-bond donors (Lipinski definition) is 2. The van der Waals surface area contributed by atoms with Crippen LogP contribution < -0.4 is 10.6 Å². The maximum absolute atomic E-state index is 14.2. The number of aryl methyl sites for hydroxylation is 2. The van der Waals surface area contributed by atoms with Gasteiger partial charge in [-0.3, -0.25) is 14.4 Å². The lowest BCUT2D eigenvalue weighted by atomic mass is 9.74. The fraction of sp³-hybridized carbons (Fsp3) is 0.452. The van der Waals surface area contributed by atoms with Gasteiger partial charge < -0.3 is 20.3 Å². The Labute approximate surface area is 233 Å². The number of fused-ring (bicyclic) bond motifs is 1. The number of nitrogens with zero attached hydrogens (tertiary/aromatic N) is 1. The van der Waals surface area contributed by atoms with Crippen LogP contribution in [0.2, 0.25) is 5.02 Å². The van der Waals surface area contributed by atoms with Gasteiger partial charge in [-0.2, -0.15) is 0 Å². The minimum Gasteiger partial charge on any atom is -0.359 e. The van der Waals surface area contributed by atoms with Crippen molar-refractivity contribution in [1.82, 2.24) is 10.2 Å². The molecule has 0 radical (unpaired) electrons. The number of amides is 3. The molecule has 1 spiro atoms. The first-order valence-electron chi connectivity index (χ1n) is 13.9. The second-order valence-corrected chi connectivity index (χ2v) is 11.8. The predicted octanol–water partition coefficient (Wildman–Crippen LogP) is 4.70. The van der Waals surface area contributed by atoms with Crippen molar-refractivity contribution >= 4 is 35.0 Å². The molecule has 3 amide bonds. The number of carbonyl (C=O) groups is 3. The van der Waals surface area contributed by atoms with Gasteiger partial charge in [0.05, 0.1) is 17.9 Å². The zero-order chi connectivity index (χ0) is 27.3. The van der Waals surface area contributed by atoms with E-state index < -0.39 is 29.6 Å². The van der Waals surface area contributed by atoms with Gasteiger partial charge in [-0.15, -0.1) is 0 Å². The average molecular weight is 548 g/mol. The highest BCUT2D eigenvalue weighted by Crippen LogP contribution is 2.55. The third-order valence-corrected chi connectivity index (χ3v) is 9.32. The highest BCUT2D eigenvalue weighted by molar-refractivity contribution is 6.31. The number of likely N-dealkylation sites (tertiary alicyclic amines) is 1. The molecule has 5 atom stereocenters. The molecule has 0 aromatic heterocycles. The second-order valence-electron chi connectivity index (χ2n) is 11.4. The van der Waals surface area contributed by atoms with E-state index in [-0.39, 0.29) is 30.3 Å². The van der Waals surface area contributed by atoms with Crippen LogP contribution in [0.1, 0.15) is 48.8 Å². The smallest absolute Gasteiger partial charge is 0.246 e. The van der Waals surface area contributed by atoms with Gasteiger partial charge in [0.25, 0.3) is 0 Å². The van der Waals surface area contributed by atoms with Gasteiger partial charge in [-0.1, -0.05) is 67.3 Å². The van der Waals surface area contributed by atoms with E-state index in [2.05, 4.69) is 10.6 Å². The summed E-state index contributed by atoms with van der Waals surface area (Å²) in [4.78, 5) is 43.4. The molecular weight excluding hydrogens is 514 g/mol. The molecule has 2 N–H and O–H groups in total. The van der Waals surface area contributed by atoms with Gasteiger partial charge >= 0.3 is 0 Å². The van der Waals surface area contributed by atoms with Gasteiger partial charge in [0.15, 0.2) is 0 Å². The number of rotatable bonds is 6. The van der Waals surface area contributed by atoms with E-state index in [0.29, 0.717) is 10.7 Å². The lowest BCUT2D eigenvalue weighted by Gasteiger charge is -2.34. The Hall–Kier alpha value is -3.16. The molecule has 2 saturated heterocycles. The largest absolute Gasteiger partial charge is 0.359 e. The molecule has 1 aliphatic carbocycles. The first-order chi connectivity index (χ1) is 18.8. The number of nitrogens with one attached hydrogen (secondary N) is 2. The minimum atomic E-state index is -1.20. The summed E-state index contributed by atoms with van der Waals surface area (Å²) < 4.78 is 6.46. The van der Waals surface area contributed by atoms with Crippen LogP contribution in [0.25, 0.3) is 0 Å². The van der Waals surface area contributed by atoms with Crippen molar-refractivity contribution in [2.45, 2.75) is 76.3 Å². The van der Waals surface area contributed by atoms with E-state index in [0.717, 1.165) is 42.4 Å². The summed E-state index contributed by atoms with van der Waals surface area (Å²) in [6.45, 7) is 4.17. The molecule has 7 nitrogen and oxygen atoms in total. The molecule has 1 saturated carbocycles. The van der Waals surface area contributed by atoms with Gasteiger partial charge in [0.2, 0.25) is 17.7 Å². The standard InChI is InChI=1S/C31H34ClN3O4/c1-18-12-13-22(16-19(18)2)34-28(36)25-24-14-15-31(39-24)26(25)30(38)35(17-20-8-6-7-11-23(20)32)27(31)29(37)33-21-9-4-3-5-10-21/h6-8,11-16,21,24-27H,3-5,9-10,17H2,1-2H3,(H,33,37)(H,34,36)/t24-,25-,26-,27+,31-/m0/s1. The number of anilines is 1. The number of hydrogen-bond acceptors (Lipinski definition) is 4. The zero-order valence-corrected chi connectivity index (χ0v) is 23.0. The monoisotopic (exact) mass is 547 g/mol. The third-order valence-electron chi connectivity index (χ3n) is 8.95. The van der Waals surface area contributed by atoms with Crippen LogP contribution >= 0.6 is 11.6 Å². The number of benzene rings is 2. The summed E-state index contributed by atoms with van der Waals surface area (Å²) in [7, 11) is 0. The first kappa shape index (κ1) is 26.1. The van der Waals surface area contributed by atoms with E-state index in [9.17, 15) is 14.4 Å². The second kappa shape index (κ2) is 10.1. The van der Waals surface area contributed by atoms with E-state index in [1.807, 2.05) is 62.4 Å². The molecule has 3 fully saturated rings. The Bertz CT molecular complexity index is 1350. The van der Waals surface area contributed by atoms with E-state index >= 15 is 0 Å².